The summed E-state index contributed by atoms with van der Waals surface area (Å²) in [6.45, 7) is 9.29. The van der Waals surface area contributed by atoms with Crippen molar-refractivity contribution in [2.45, 2.75) is 45.8 Å². The Balaban J connectivity index is 1.32. The van der Waals surface area contributed by atoms with Gasteiger partial charge in [0.15, 0.2) is 5.82 Å². The molecule has 0 saturated carbocycles. The Bertz CT molecular complexity index is 1470. The van der Waals surface area contributed by atoms with E-state index in [9.17, 15) is 9.59 Å². The SMILES string of the molecule is COc1ccc2c(c1)C(c1ccc(Cl)cc1)=N[C@@H](CC(=O)NCCOCCOCCNC(=O)OC(C)(C)C)c1nnc(C)n1-2. The number of aliphatic imine (C=N–C) groups is 1. The fourth-order valence-electron chi connectivity index (χ4n) is 4.55. The molecule has 236 valence electrons. The van der Waals surface area contributed by atoms with Gasteiger partial charge in [0.25, 0.3) is 0 Å². The number of nitrogens with one attached hydrogen (secondary N) is 2. The van der Waals surface area contributed by atoms with Crippen LogP contribution in [0.2, 0.25) is 5.02 Å². The number of halogens is 1. The molecule has 3 aromatic rings. The number of fused-ring (bicyclic) bond motifs is 3. The number of aryl methyl sites for hydroxylation is 1. The fourth-order valence-corrected chi connectivity index (χ4v) is 4.67. The molecule has 0 saturated heterocycles. The van der Waals surface area contributed by atoms with E-state index < -0.39 is 17.7 Å². The Morgan fingerprint density at radius 1 is 0.955 bits per heavy atom. The normalized spacial score (nSPS) is 14.1. The maximum absolute atomic E-state index is 13.0. The molecule has 0 fully saturated rings. The van der Waals surface area contributed by atoms with E-state index in [1.807, 2.05) is 54.0 Å². The number of nitrogens with zero attached hydrogens (tertiary/aromatic N) is 4. The van der Waals surface area contributed by atoms with Gasteiger partial charge in [0, 0.05) is 29.2 Å². The van der Waals surface area contributed by atoms with Crippen molar-refractivity contribution >= 4 is 29.3 Å². The average Bonchev–Trinajstić information content (AvgIpc) is 3.30. The first-order valence-corrected chi connectivity index (χ1v) is 14.8. The molecule has 1 aliphatic rings. The van der Waals surface area contributed by atoms with Crippen LogP contribution >= 0.6 is 11.6 Å². The standard InChI is InChI=1S/C31H39ClN6O6/c1-20-36-37-29-25(19-27(39)33-12-14-42-16-17-43-15-13-34-30(40)44-31(2,3)4)35-28(21-6-8-22(32)9-7-21)24-18-23(41-5)10-11-26(24)38(20)29/h6-11,18,25H,12-17,19H2,1-5H3,(H,33,39)(H,34,40)/t25-/m0/s1. The lowest BCUT2D eigenvalue weighted by Gasteiger charge is -2.19. The highest BCUT2D eigenvalue weighted by Crippen LogP contribution is 2.34. The maximum Gasteiger partial charge on any atom is 0.407 e. The van der Waals surface area contributed by atoms with Crippen molar-refractivity contribution in [2.24, 2.45) is 4.99 Å². The van der Waals surface area contributed by atoms with Crippen molar-refractivity contribution in [1.82, 2.24) is 25.4 Å². The molecule has 44 heavy (non-hydrogen) atoms. The summed E-state index contributed by atoms with van der Waals surface area (Å²) in [4.78, 5) is 29.7. The van der Waals surface area contributed by atoms with Crippen LogP contribution in [0.4, 0.5) is 4.79 Å². The number of benzene rings is 2. The minimum atomic E-state index is -0.594. The number of aromatic nitrogens is 3. The molecular formula is C31H39ClN6O6. The topological polar surface area (TPSA) is 138 Å². The second-order valence-electron chi connectivity index (χ2n) is 11.0. The number of hydrogen-bond acceptors (Lipinski definition) is 9. The number of rotatable bonds is 13. The third-order valence-electron chi connectivity index (χ3n) is 6.48. The maximum atomic E-state index is 13.0. The Hall–Kier alpha value is -4.00. The molecule has 2 amide bonds. The highest BCUT2D eigenvalue weighted by atomic mass is 35.5. The predicted octanol–water partition coefficient (Wildman–Crippen LogP) is 4.19. The molecule has 1 aliphatic heterocycles. The summed E-state index contributed by atoms with van der Waals surface area (Å²) in [5.41, 5.74) is 2.67. The minimum Gasteiger partial charge on any atom is -0.497 e. The van der Waals surface area contributed by atoms with Gasteiger partial charge in [-0.1, -0.05) is 23.7 Å². The first-order chi connectivity index (χ1) is 21.1. The summed E-state index contributed by atoms with van der Waals surface area (Å²) in [6.07, 6.45) is -0.419. The first kappa shape index (κ1) is 32.9. The Kier molecular flexibility index (Phi) is 11.3. The molecule has 0 bridgehead atoms. The van der Waals surface area contributed by atoms with Crippen LogP contribution in [0, 0.1) is 6.92 Å². The van der Waals surface area contributed by atoms with Crippen molar-refractivity contribution < 1.29 is 28.5 Å². The van der Waals surface area contributed by atoms with Gasteiger partial charge in [-0.25, -0.2) is 4.79 Å². The van der Waals surface area contributed by atoms with Crippen molar-refractivity contribution in [2.75, 3.05) is 46.6 Å². The van der Waals surface area contributed by atoms with Crippen LogP contribution in [0.5, 0.6) is 5.75 Å². The highest BCUT2D eigenvalue weighted by molar-refractivity contribution is 6.30. The van der Waals surface area contributed by atoms with E-state index in [0.717, 1.165) is 16.8 Å². The van der Waals surface area contributed by atoms with E-state index in [2.05, 4.69) is 20.8 Å². The van der Waals surface area contributed by atoms with Gasteiger partial charge in [0.2, 0.25) is 5.91 Å². The smallest absolute Gasteiger partial charge is 0.407 e. The van der Waals surface area contributed by atoms with E-state index in [4.69, 9.17) is 35.5 Å². The van der Waals surface area contributed by atoms with Crippen LogP contribution in [0.15, 0.2) is 47.5 Å². The first-order valence-electron chi connectivity index (χ1n) is 14.4. The Morgan fingerprint density at radius 2 is 1.64 bits per heavy atom. The van der Waals surface area contributed by atoms with Gasteiger partial charge < -0.3 is 29.6 Å². The molecule has 0 radical (unpaired) electrons. The molecule has 2 N–H and O–H groups in total. The van der Waals surface area contributed by atoms with Crippen molar-refractivity contribution in [3.8, 4) is 11.4 Å². The number of carbonyl (C=O) groups excluding carboxylic acids is 2. The van der Waals surface area contributed by atoms with E-state index in [1.165, 1.54) is 0 Å². The minimum absolute atomic E-state index is 0.0636. The number of hydrogen-bond donors (Lipinski definition) is 2. The van der Waals surface area contributed by atoms with Gasteiger partial charge in [-0.3, -0.25) is 14.4 Å². The number of alkyl carbamates (subject to hydrolysis) is 1. The van der Waals surface area contributed by atoms with Gasteiger partial charge in [-0.2, -0.15) is 0 Å². The highest BCUT2D eigenvalue weighted by Gasteiger charge is 2.30. The molecule has 0 unspecified atom stereocenters. The molecule has 1 aromatic heterocycles. The molecule has 12 nitrogen and oxygen atoms in total. The van der Waals surface area contributed by atoms with Gasteiger partial charge in [-0.15, -0.1) is 10.2 Å². The zero-order valence-electron chi connectivity index (χ0n) is 25.7. The summed E-state index contributed by atoms with van der Waals surface area (Å²) >= 11 is 6.17. The fraction of sp³-hybridized carbons (Fsp3) is 0.452. The number of carbonyl (C=O) groups is 2. The summed E-state index contributed by atoms with van der Waals surface area (Å²) < 4.78 is 23.6. The lowest BCUT2D eigenvalue weighted by atomic mass is 10.00. The predicted molar refractivity (Wildman–Crippen MR) is 166 cm³/mol. The zero-order chi connectivity index (χ0) is 31.7. The van der Waals surface area contributed by atoms with Crippen molar-refractivity contribution in [3.63, 3.8) is 0 Å². The van der Waals surface area contributed by atoms with Crippen LogP contribution in [-0.4, -0.2) is 84.7 Å². The molecule has 4 rings (SSSR count). The Labute approximate surface area is 262 Å². The molecule has 2 heterocycles. The zero-order valence-corrected chi connectivity index (χ0v) is 26.4. The molecule has 1 atom stereocenters. The third-order valence-corrected chi connectivity index (χ3v) is 6.74. The third kappa shape index (κ3) is 9.01. The number of amides is 2. The van der Waals surface area contributed by atoms with Gasteiger partial charge in [0.05, 0.1) is 51.4 Å². The molecule has 0 aliphatic carbocycles. The summed E-state index contributed by atoms with van der Waals surface area (Å²) in [7, 11) is 1.61. The molecule has 0 spiro atoms. The average molecular weight is 627 g/mol. The van der Waals surface area contributed by atoms with Crippen LogP contribution in [0.1, 0.15) is 56.0 Å². The summed E-state index contributed by atoms with van der Waals surface area (Å²) in [5.74, 6) is 1.73. The van der Waals surface area contributed by atoms with E-state index in [-0.39, 0.29) is 12.3 Å². The van der Waals surface area contributed by atoms with Crippen molar-refractivity contribution in [1.29, 1.82) is 0 Å². The van der Waals surface area contributed by atoms with Crippen LogP contribution in [0.3, 0.4) is 0 Å². The van der Waals surface area contributed by atoms with Crippen LogP contribution in [0.25, 0.3) is 5.69 Å². The summed E-state index contributed by atoms with van der Waals surface area (Å²) in [6, 6.07) is 12.6. The van der Waals surface area contributed by atoms with E-state index >= 15 is 0 Å². The molecule has 2 aromatic carbocycles. The van der Waals surface area contributed by atoms with Crippen molar-refractivity contribution in [3.05, 3.63) is 70.3 Å². The van der Waals surface area contributed by atoms with E-state index in [0.29, 0.717) is 67.6 Å². The second-order valence-corrected chi connectivity index (χ2v) is 11.5. The van der Waals surface area contributed by atoms with E-state index in [1.54, 1.807) is 27.9 Å². The van der Waals surface area contributed by atoms with Gasteiger partial charge in [-0.05, 0) is 58.0 Å². The monoisotopic (exact) mass is 626 g/mol. The number of methoxy groups -OCH3 is 1. The lowest BCUT2D eigenvalue weighted by Crippen LogP contribution is -2.34. The van der Waals surface area contributed by atoms with Crippen LogP contribution in [-0.2, 0) is 19.0 Å². The molecular weight excluding hydrogens is 588 g/mol. The van der Waals surface area contributed by atoms with Gasteiger partial charge in [0.1, 0.15) is 23.2 Å². The Morgan fingerprint density at radius 3 is 2.30 bits per heavy atom. The van der Waals surface area contributed by atoms with Crippen LogP contribution < -0.4 is 15.4 Å². The quantitative estimate of drug-likeness (QED) is 0.269. The largest absolute Gasteiger partial charge is 0.497 e. The molecule has 13 heteroatoms. The second kappa shape index (κ2) is 15.1. The summed E-state index contributed by atoms with van der Waals surface area (Å²) in [5, 5.41) is 14.9. The number of ether oxygens (including phenoxy) is 4. The lowest BCUT2D eigenvalue weighted by molar-refractivity contribution is -0.121. The van der Waals surface area contributed by atoms with Gasteiger partial charge >= 0.3 is 6.09 Å².